The number of hydrogen-bond donors (Lipinski definition) is 1. The van der Waals surface area contributed by atoms with Gasteiger partial charge >= 0.3 is 0 Å². The summed E-state index contributed by atoms with van der Waals surface area (Å²) in [6.45, 7) is 6.27. The molecule has 0 spiro atoms. The van der Waals surface area contributed by atoms with Crippen LogP contribution in [0.3, 0.4) is 0 Å². The maximum Gasteiger partial charge on any atom is 0.118 e. The number of methoxy groups -OCH3 is 1. The smallest absolute Gasteiger partial charge is 0.118 e. The summed E-state index contributed by atoms with van der Waals surface area (Å²) in [6.07, 6.45) is 4.35. The molecule has 1 fully saturated rings. The van der Waals surface area contributed by atoms with Gasteiger partial charge in [-0.15, -0.1) is 0 Å². The molecule has 20 heavy (non-hydrogen) atoms. The number of benzene rings is 1. The van der Waals surface area contributed by atoms with Crippen molar-refractivity contribution >= 4 is 0 Å². The van der Waals surface area contributed by atoms with Gasteiger partial charge in [-0.05, 0) is 43.9 Å². The van der Waals surface area contributed by atoms with Gasteiger partial charge < -0.3 is 15.2 Å². The minimum Gasteiger partial charge on any atom is -0.497 e. The lowest BCUT2D eigenvalue weighted by Gasteiger charge is -2.46. The Kier molecular flexibility index (Phi) is 4.71. The van der Waals surface area contributed by atoms with Crippen LogP contribution in [0.5, 0.6) is 5.75 Å². The van der Waals surface area contributed by atoms with E-state index in [0.29, 0.717) is 0 Å². The number of quaternary nitrogens is 1. The minimum atomic E-state index is -0.00660. The molecular formula is C17H28NO2+. The molecule has 2 atom stereocenters. The Morgan fingerprint density at radius 3 is 2.55 bits per heavy atom. The van der Waals surface area contributed by atoms with Gasteiger partial charge in [-0.3, -0.25) is 0 Å². The molecule has 112 valence electrons. The maximum absolute atomic E-state index is 6.04. The van der Waals surface area contributed by atoms with Crippen molar-refractivity contribution in [2.24, 2.45) is 0 Å². The normalized spacial score (nSPS) is 30.2. The molecular weight excluding hydrogens is 250 g/mol. The van der Waals surface area contributed by atoms with Crippen LogP contribution in [0.15, 0.2) is 24.3 Å². The number of rotatable bonds is 5. The molecule has 0 bridgehead atoms. The van der Waals surface area contributed by atoms with Crippen molar-refractivity contribution < 1.29 is 15.2 Å². The van der Waals surface area contributed by atoms with Crippen molar-refractivity contribution in [3.63, 3.8) is 0 Å². The Labute approximate surface area is 122 Å². The molecule has 0 aliphatic carbocycles. The third kappa shape index (κ3) is 2.99. The Hall–Kier alpha value is -1.06. The molecule has 1 aromatic rings. The second-order valence-electron chi connectivity index (χ2n) is 6.19. The van der Waals surface area contributed by atoms with E-state index in [2.05, 4.69) is 43.8 Å². The first kappa shape index (κ1) is 15.3. The van der Waals surface area contributed by atoms with Crippen molar-refractivity contribution in [3.8, 4) is 5.75 Å². The SMILES string of the molecule is CC[C@]1(C)C[C@@](CC[NH3+])(c2ccc(OC)cc2)CCO1. The fourth-order valence-electron chi connectivity index (χ4n) is 3.46. The average Bonchev–Trinajstić information content (AvgIpc) is 2.48. The second-order valence-corrected chi connectivity index (χ2v) is 6.19. The van der Waals surface area contributed by atoms with E-state index in [1.165, 1.54) is 5.56 Å². The number of hydrogen-bond acceptors (Lipinski definition) is 2. The van der Waals surface area contributed by atoms with Crippen molar-refractivity contribution in [1.29, 1.82) is 0 Å². The molecule has 0 unspecified atom stereocenters. The minimum absolute atomic E-state index is 0.00660. The van der Waals surface area contributed by atoms with Crippen LogP contribution in [0, 0.1) is 0 Å². The third-order valence-electron chi connectivity index (χ3n) is 4.85. The molecule has 1 aromatic carbocycles. The van der Waals surface area contributed by atoms with E-state index < -0.39 is 0 Å². The van der Waals surface area contributed by atoms with Gasteiger partial charge in [0.2, 0.25) is 0 Å². The quantitative estimate of drug-likeness (QED) is 0.899. The molecule has 0 amide bonds. The Morgan fingerprint density at radius 2 is 2.00 bits per heavy atom. The molecule has 1 aliphatic rings. The zero-order chi connectivity index (χ0) is 14.6. The molecule has 2 rings (SSSR count). The summed E-state index contributed by atoms with van der Waals surface area (Å²) >= 11 is 0. The highest BCUT2D eigenvalue weighted by molar-refractivity contribution is 5.33. The van der Waals surface area contributed by atoms with Gasteiger partial charge in [0.25, 0.3) is 0 Å². The van der Waals surface area contributed by atoms with Gasteiger partial charge in [-0.25, -0.2) is 0 Å². The lowest BCUT2D eigenvalue weighted by atomic mass is 9.66. The predicted molar refractivity (Wildman–Crippen MR) is 80.9 cm³/mol. The van der Waals surface area contributed by atoms with Crippen LogP contribution in [-0.2, 0) is 10.2 Å². The van der Waals surface area contributed by atoms with Crippen LogP contribution in [0.1, 0.15) is 45.1 Å². The fraction of sp³-hybridized carbons (Fsp3) is 0.647. The fourth-order valence-corrected chi connectivity index (χ4v) is 3.46. The van der Waals surface area contributed by atoms with Crippen molar-refractivity contribution in [3.05, 3.63) is 29.8 Å². The van der Waals surface area contributed by atoms with E-state index in [1.807, 2.05) is 0 Å². The molecule has 3 heteroatoms. The summed E-state index contributed by atoms with van der Waals surface area (Å²) in [6, 6.07) is 8.57. The van der Waals surface area contributed by atoms with Gasteiger partial charge in [-0.2, -0.15) is 0 Å². The van der Waals surface area contributed by atoms with Gasteiger partial charge in [0.1, 0.15) is 5.75 Å². The van der Waals surface area contributed by atoms with Crippen LogP contribution in [0.25, 0.3) is 0 Å². The zero-order valence-corrected chi connectivity index (χ0v) is 13.1. The maximum atomic E-state index is 6.04. The summed E-state index contributed by atoms with van der Waals surface area (Å²) < 4.78 is 11.3. The molecule has 0 saturated carbocycles. The molecule has 1 saturated heterocycles. The van der Waals surface area contributed by atoms with Gasteiger partial charge in [0, 0.05) is 18.4 Å². The van der Waals surface area contributed by atoms with Gasteiger partial charge in [-0.1, -0.05) is 19.1 Å². The average molecular weight is 278 g/mol. The molecule has 3 N–H and O–H groups in total. The van der Waals surface area contributed by atoms with Crippen LogP contribution in [0.4, 0.5) is 0 Å². The second kappa shape index (κ2) is 6.15. The van der Waals surface area contributed by atoms with Crippen LogP contribution < -0.4 is 10.5 Å². The topological polar surface area (TPSA) is 46.1 Å². The summed E-state index contributed by atoms with van der Waals surface area (Å²) in [5, 5.41) is 0. The van der Waals surface area contributed by atoms with E-state index in [-0.39, 0.29) is 11.0 Å². The van der Waals surface area contributed by atoms with Crippen LogP contribution in [-0.4, -0.2) is 25.9 Å². The molecule has 3 nitrogen and oxygen atoms in total. The van der Waals surface area contributed by atoms with E-state index in [0.717, 1.165) is 44.6 Å². The van der Waals surface area contributed by atoms with E-state index >= 15 is 0 Å². The highest BCUT2D eigenvalue weighted by Crippen LogP contribution is 2.45. The summed E-state index contributed by atoms with van der Waals surface area (Å²) in [5.41, 5.74) is 5.70. The lowest BCUT2D eigenvalue weighted by molar-refractivity contribution is -0.372. The summed E-state index contributed by atoms with van der Waals surface area (Å²) in [7, 11) is 1.71. The highest BCUT2D eigenvalue weighted by Gasteiger charge is 2.43. The molecule has 1 aliphatic heterocycles. The van der Waals surface area contributed by atoms with Crippen molar-refractivity contribution in [1.82, 2.24) is 0 Å². The molecule has 0 radical (unpaired) electrons. The van der Waals surface area contributed by atoms with Gasteiger partial charge in [0.05, 0.1) is 19.3 Å². The lowest BCUT2D eigenvalue weighted by Crippen LogP contribution is -2.55. The van der Waals surface area contributed by atoms with E-state index in [1.54, 1.807) is 7.11 Å². The largest absolute Gasteiger partial charge is 0.497 e. The zero-order valence-electron chi connectivity index (χ0n) is 13.1. The van der Waals surface area contributed by atoms with Crippen LogP contribution >= 0.6 is 0 Å². The first-order chi connectivity index (χ1) is 9.57. The first-order valence-corrected chi connectivity index (χ1v) is 7.65. The monoisotopic (exact) mass is 278 g/mol. The van der Waals surface area contributed by atoms with E-state index in [9.17, 15) is 0 Å². The first-order valence-electron chi connectivity index (χ1n) is 7.65. The van der Waals surface area contributed by atoms with Crippen molar-refractivity contribution in [2.75, 3.05) is 20.3 Å². The number of ether oxygens (including phenoxy) is 2. The van der Waals surface area contributed by atoms with E-state index in [4.69, 9.17) is 9.47 Å². The highest BCUT2D eigenvalue weighted by atomic mass is 16.5. The van der Waals surface area contributed by atoms with Gasteiger partial charge in [0.15, 0.2) is 0 Å². The standard InChI is InChI=1S/C17H27NO2/c1-4-16(2)13-17(9-11-18,10-12-20-16)14-5-7-15(19-3)8-6-14/h5-8H,4,9-13,18H2,1-3H3/p+1/t16-,17+/m1/s1. The Bertz CT molecular complexity index is 427. The molecule has 1 heterocycles. The third-order valence-corrected chi connectivity index (χ3v) is 4.85. The summed E-state index contributed by atoms with van der Waals surface area (Å²) in [5.74, 6) is 0.920. The summed E-state index contributed by atoms with van der Waals surface area (Å²) in [4.78, 5) is 0. The predicted octanol–water partition coefficient (Wildman–Crippen LogP) is 2.54. The Morgan fingerprint density at radius 1 is 1.30 bits per heavy atom. The molecule has 0 aromatic heterocycles. The Balaban J connectivity index is 2.32. The van der Waals surface area contributed by atoms with Crippen molar-refractivity contribution in [2.45, 2.75) is 50.5 Å². The van der Waals surface area contributed by atoms with Crippen LogP contribution in [0.2, 0.25) is 0 Å².